The van der Waals surface area contributed by atoms with E-state index in [1.165, 1.54) is 17.2 Å². The van der Waals surface area contributed by atoms with Crippen LogP contribution in [0.25, 0.3) is 11.3 Å². The van der Waals surface area contributed by atoms with Crippen molar-refractivity contribution in [1.29, 1.82) is 0 Å². The van der Waals surface area contributed by atoms with Gasteiger partial charge in [0.05, 0.1) is 11.3 Å². The fraction of sp³-hybridized carbons (Fsp3) is 0.261. The SMILES string of the molecule is Cc1ccc(C(=O)NCc2ccc(-c3nc(N(C)C)ncc3C(=O)N(C)C)cc2)c(=O)[nH]1. The van der Waals surface area contributed by atoms with Crippen LogP contribution in [-0.2, 0) is 6.54 Å². The van der Waals surface area contributed by atoms with Gasteiger partial charge >= 0.3 is 0 Å². The Morgan fingerprint density at radius 3 is 2.28 bits per heavy atom. The van der Waals surface area contributed by atoms with Crippen molar-refractivity contribution >= 4 is 17.8 Å². The van der Waals surface area contributed by atoms with Crippen molar-refractivity contribution in [3.8, 4) is 11.3 Å². The molecule has 0 bridgehead atoms. The van der Waals surface area contributed by atoms with Gasteiger partial charge in [-0.1, -0.05) is 24.3 Å². The smallest absolute Gasteiger partial charge is 0.260 e. The summed E-state index contributed by atoms with van der Waals surface area (Å²) < 4.78 is 0. The molecule has 0 aliphatic rings. The van der Waals surface area contributed by atoms with Gasteiger partial charge in [0, 0.05) is 52.2 Å². The molecule has 0 spiro atoms. The third-order valence-electron chi connectivity index (χ3n) is 4.79. The summed E-state index contributed by atoms with van der Waals surface area (Å²) in [5.41, 5.74) is 2.87. The van der Waals surface area contributed by atoms with Crippen molar-refractivity contribution in [3.05, 3.63) is 75.3 Å². The second kappa shape index (κ2) is 9.42. The maximum absolute atomic E-state index is 12.6. The van der Waals surface area contributed by atoms with Crippen LogP contribution in [0.3, 0.4) is 0 Å². The number of H-pyrrole nitrogens is 1. The van der Waals surface area contributed by atoms with E-state index in [-0.39, 0.29) is 18.0 Å². The number of aryl methyl sites for hydroxylation is 1. The summed E-state index contributed by atoms with van der Waals surface area (Å²) >= 11 is 0. The van der Waals surface area contributed by atoms with E-state index in [1.807, 2.05) is 38.4 Å². The monoisotopic (exact) mass is 434 g/mol. The lowest BCUT2D eigenvalue weighted by atomic mass is 10.0. The maximum Gasteiger partial charge on any atom is 0.260 e. The van der Waals surface area contributed by atoms with E-state index < -0.39 is 11.5 Å². The predicted molar refractivity (Wildman–Crippen MR) is 123 cm³/mol. The molecule has 0 unspecified atom stereocenters. The lowest BCUT2D eigenvalue weighted by Gasteiger charge is -2.16. The average molecular weight is 435 g/mol. The molecule has 2 aromatic heterocycles. The number of aromatic nitrogens is 3. The Bertz CT molecular complexity index is 1200. The number of carbonyl (C=O) groups excluding carboxylic acids is 2. The standard InChI is InChI=1S/C23H26N6O3/c1-14-6-11-17(21(31)26-14)20(30)24-12-15-7-9-16(10-8-15)19-18(22(32)28(2)3)13-25-23(27-19)29(4)5/h6-11,13H,12H2,1-5H3,(H,24,30)(H,26,31). The summed E-state index contributed by atoms with van der Waals surface area (Å²) in [6.45, 7) is 2.00. The molecule has 1 aromatic carbocycles. The van der Waals surface area contributed by atoms with Crippen molar-refractivity contribution < 1.29 is 9.59 Å². The van der Waals surface area contributed by atoms with Crippen molar-refractivity contribution in [2.45, 2.75) is 13.5 Å². The first kappa shape index (κ1) is 22.7. The Morgan fingerprint density at radius 2 is 1.69 bits per heavy atom. The van der Waals surface area contributed by atoms with Crippen molar-refractivity contribution in [3.63, 3.8) is 0 Å². The van der Waals surface area contributed by atoms with Crippen molar-refractivity contribution in [1.82, 2.24) is 25.2 Å². The lowest BCUT2D eigenvalue weighted by Crippen LogP contribution is -2.29. The molecular formula is C23H26N6O3. The van der Waals surface area contributed by atoms with Gasteiger partial charge in [0.15, 0.2) is 0 Å². The van der Waals surface area contributed by atoms with Gasteiger partial charge in [-0.3, -0.25) is 14.4 Å². The Kier molecular flexibility index (Phi) is 6.67. The Morgan fingerprint density at radius 1 is 1.00 bits per heavy atom. The summed E-state index contributed by atoms with van der Waals surface area (Å²) in [5, 5.41) is 2.75. The molecule has 9 nitrogen and oxygen atoms in total. The quantitative estimate of drug-likeness (QED) is 0.612. The zero-order valence-electron chi connectivity index (χ0n) is 18.8. The van der Waals surface area contributed by atoms with Gasteiger partial charge in [-0.25, -0.2) is 9.97 Å². The molecule has 0 atom stereocenters. The molecule has 0 radical (unpaired) electrons. The van der Waals surface area contributed by atoms with Crippen LogP contribution in [0.2, 0.25) is 0 Å². The summed E-state index contributed by atoms with van der Waals surface area (Å²) in [6.07, 6.45) is 1.53. The molecule has 0 fully saturated rings. The number of aromatic amines is 1. The largest absolute Gasteiger partial charge is 0.348 e. The number of nitrogens with zero attached hydrogens (tertiary/aromatic N) is 4. The van der Waals surface area contributed by atoms with E-state index in [0.29, 0.717) is 22.9 Å². The zero-order valence-corrected chi connectivity index (χ0v) is 18.8. The van der Waals surface area contributed by atoms with Gasteiger partial charge in [0.25, 0.3) is 17.4 Å². The second-order valence-corrected chi connectivity index (χ2v) is 7.79. The molecule has 2 amide bonds. The third-order valence-corrected chi connectivity index (χ3v) is 4.79. The first-order valence-corrected chi connectivity index (χ1v) is 10.0. The van der Waals surface area contributed by atoms with Crippen molar-refractivity contribution in [2.24, 2.45) is 0 Å². The summed E-state index contributed by atoms with van der Waals surface area (Å²) in [7, 11) is 7.02. The molecule has 0 saturated carbocycles. The Labute approximate surface area is 186 Å². The number of rotatable bonds is 6. The molecule has 0 aliphatic carbocycles. The third kappa shape index (κ3) is 5.00. The molecule has 9 heteroatoms. The van der Waals surface area contributed by atoms with E-state index in [2.05, 4.69) is 20.3 Å². The number of benzene rings is 1. The highest BCUT2D eigenvalue weighted by Gasteiger charge is 2.18. The fourth-order valence-electron chi connectivity index (χ4n) is 3.01. The molecule has 3 aromatic rings. The minimum atomic E-state index is -0.444. The van der Waals surface area contributed by atoms with Crippen LogP contribution < -0.4 is 15.8 Å². The number of nitrogens with one attached hydrogen (secondary N) is 2. The van der Waals surface area contributed by atoms with Crippen LogP contribution in [0.15, 0.2) is 47.4 Å². The number of anilines is 1. The van der Waals surface area contributed by atoms with Gasteiger partial charge in [0.2, 0.25) is 5.95 Å². The summed E-state index contributed by atoms with van der Waals surface area (Å²) in [6, 6.07) is 10.6. The van der Waals surface area contributed by atoms with Crippen LogP contribution in [0, 0.1) is 6.92 Å². The normalized spacial score (nSPS) is 10.5. The van der Waals surface area contributed by atoms with Gasteiger partial charge < -0.3 is 20.1 Å². The first-order valence-electron chi connectivity index (χ1n) is 10.0. The van der Waals surface area contributed by atoms with Gasteiger partial charge in [0.1, 0.15) is 5.56 Å². The van der Waals surface area contributed by atoms with Gasteiger partial charge in [-0.15, -0.1) is 0 Å². The van der Waals surface area contributed by atoms with Gasteiger partial charge in [-0.2, -0.15) is 0 Å². The highest BCUT2D eigenvalue weighted by atomic mass is 16.2. The van der Waals surface area contributed by atoms with Crippen molar-refractivity contribution in [2.75, 3.05) is 33.1 Å². The number of hydrogen-bond donors (Lipinski definition) is 2. The minimum absolute atomic E-state index is 0.0660. The topological polar surface area (TPSA) is 111 Å². The Hall–Kier alpha value is -4.01. The second-order valence-electron chi connectivity index (χ2n) is 7.79. The molecule has 32 heavy (non-hydrogen) atoms. The van der Waals surface area contributed by atoms with Gasteiger partial charge in [-0.05, 0) is 24.6 Å². The number of pyridine rings is 1. The van der Waals surface area contributed by atoms with Crippen LogP contribution in [-0.4, -0.2) is 59.9 Å². The molecule has 3 rings (SSSR count). The summed E-state index contributed by atoms with van der Waals surface area (Å²) in [5.74, 6) is -0.138. The average Bonchev–Trinajstić information content (AvgIpc) is 2.76. The van der Waals surface area contributed by atoms with E-state index in [0.717, 1.165) is 11.1 Å². The number of carbonyl (C=O) groups is 2. The van der Waals surface area contributed by atoms with Crippen LogP contribution >= 0.6 is 0 Å². The molecule has 166 valence electrons. The number of hydrogen-bond acceptors (Lipinski definition) is 6. The molecule has 2 N–H and O–H groups in total. The van der Waals surface area contributed by atoms with E-state index in [1.54, 1.807) is 32.0 Å². The van der Waals surface area contributed by atoms with E-state index >= 15 is 0 Å². The molecular weight excluding hydrogens is 408 g/mol. The molecule has 0 aliphatic heterocycles. The molecule has 2 heterocycles. The molecule has 0 saturated heterocycles. The zero-order chi connectivity index (χ0) is 23.4. The first-order chi connectivity index (χ1) is 15.2. The highest BCUT2D eigenvalue weighted by molar-refractivity contribution is 5.99. The fourth-order valence-corrected chi connectivity index (χ4v) is 3.01. The number of amides is 2. The minimum Gasteiger partial charge on any atom is -0.348 e. The summed E-state index contributed by atoms with van der Waals surface area (Å²) in [4.78, 5) is 51.6. The van der Waals surface area contributed by atoms with E-state index in [4.69, 9.17) is 0 Å². The van der Waals surface area contributed by atoms with Crippen LogP contribution in [0.4, 0.5) is 5.95 Å². The lowest BCUT2D eigenvalue weighted by molar-refractivity contribution is 0.0827. The maximum atomic E-state index is 12.6. The highest BCUT2D eigenvalue weighted by Crippen LogP contribution is 2.24. The predicted octanol–water partition coefficient (Wildman–Crippen LogP) is 1.84. The van der Waals surface area contributed by atoms with Crippen LogP contribution in [0.5, 0.6) is 0 Å². The Balaban J connectivity index is 1.82. The van der Waals surface area contributed by atoms with Crippen LogP contribution in [0.1, 0.15) is 32.0 Å². The van der Waals surface area contributed by atoms with E-state index in [9.17, 15) is 14.4 Å².